The highest BCUT2D eigenvalue weighted by Crippen LogP contribution is 2.29. The molecular formula is C18H20Cl2N3O2+. The number of hydrogen-bond donors (Lipinski definition) is 3. The number of rotatable bonds is 6. The van der Waals surface area contributed by atoms with Gasteiger partial charge in [0.25, 0.3) is 11.8 Å². The van der Waals surface area contributed by atoms with Gasteiger partial charge in [0.15, 0.2) is 13.1 Å². The van der Waals surface area contributed by atoms with Crippen LogP contribution >= 0.6 is 23.2 Å². The average Bonchev–Trinajstić information content (AvgIpc) is 2.53. The summed E-state index contributed by atoms with van der Waals surface area (Å²) in [6, 6.07) is 12.6. The monoisotopic (exact) mass is 380 g/mol. The Labute approximate surface area is 156 Å². The molecule has 2 aromatic carbocycles. The smallest absolute Gasteiger partial charge is 0.279 e. The molecule has 0 saturated heterocycles. The molecule has 0 spiro atoms. The van der Waals surface area contributed by atoms with Crippen LogP contribution in [0.5, 0.6) is 0 Å². The van der Waals surface area contributed by atoms with E-state index in [0.717, 1.165) is 16.2 Å². The first-order valence-corrected chi connectivity index (χ1v) is 8.52. The molecule has 0 aliphatic heterocycles. The summed E-state index contributed by atoms with van der Waals surface area (Å²) in [5, 5.41) is 6.18. The van der Waals surface area contributed by atoms with Crippen LogP contribution < -0.4 is 15.5 Å². The van der Waals surface area contributed by atoms with Crippen molar-refractivity contribution in [3.05, 3.63) is 58.1 Å². The number of quaternary nitrogens is 1. The van der Waals surface area contributed by atoms with E-state index in [1.165, 1.54) is 0 Å². The Morgan fingerprint density at radius 3 is 2.20 bits per heavy atom. The molecule has 1 unspecified atom stereocenters. The van der Waals surface area contributed by atoms with Crippen LogP contribution in [0, 0.1) is 6.92 Å². The maximum absolute atomic E-state index is 12.1. The van der Waals surface area contributed by atoms with Crippen LogP contribution in [0.3, 0.4) is 0 Å². The lowest BCUT2D eigenvalue weighted by Crippen LogP contribution is -3.11. The van der Waals surface area contributed by atoms with E-state index in [9.17, 15) is 9.59 Å². The largest absolute Gasteiger partial charge is 0.322 e. The molecular weight excluding hydrogens is 361 g/mol. The van der Waals surface area contributed by atoms with Crippen molar-refractivity contribution in [1.82, 2.24) is 0 Å². The van der Waals surface area contributed by atoms with E-state index in [1.807, 2.05) is 31.2 Å². The molecule has 0 aliphatic rings. The van der Waals surface area contributed by atoms with Crippen molar-refractivity contribution >= 4 is 46.4 Å². The van der Waals surface area contributed by atoms with Crippen molar-refractivity contribution in [2.75, 3.05) is 30.8 Å². The van der Waals surface area contributed by atoms with Crippen molar-refractivity contribution in [3.63, 3.8) is 0 Å². The minimum absolute atomic E-state index is 0.129. The fraction of sp³-hybridized carbons (Fsp3) is 0.222. The van der Waals surface area contributed by atoms with Gasteiger partial charge in [-0.25, -0.2) is 0 Å². The molecule has 2 aromatic rings. The summed E-state index contributed by atoms with van der Waals surface area (Å²) in [6.45, 7) is 2.28. The Kier molecular flexibility index (Phi) is 6.82. The third kappa shape index (κ3) is 6.05. The van der Waals surface area contributed by atoms with Crippen LogP contribution in [0.25, 0.3) is 0 Å². The summed E-state index contributed by atoms with van der Waals surface area (Å²) in [4.78, 5) is 24.9. The van der Waals surface area contributed by atoms with Gasteiger partial charge in [-0.1, -0.05) is 47.0 Å². The highest BCUT2D eigenvalue weighted by molar-refractivity contribution is 6.43. The van der Waals surface area contributed by atoms with Crippen molar-refractivity contribution in [1.29, 1.82) is 0 Å². The lowest BCUT2D eigenvalue weighted by molar-refractivity contribution is -0.862. The van der Waals surface area contributed by atoms with Gasteiger partial charge in [-0.15, -0.1) is 0 Å². The van der Waals surface area contributed by atoms with Crippen LogP contribution in [-0.2, 0) is 9.59 Å². The molecule has 2 rings (SSSR count). The summed E-state index contributed by atoms with van der Waals surface area (Å²) in [5.74, 6) is -0.403. The van der Waals surface area contributed by atoms with Gasteiger partial charge < -0.3 is 15.5 Å². The van der Waals surface area contributed by atoms with E-state index in [1.54, 1.807) is 25.2 Å². The highest BCUT2D eigenvalue weighted by atomic mass is 35.5. The molecule has 132 valence electrons. The van der Waals surface area contributed by atoms with Gasteiger partial charge in [0.05, 0.1) is 22.8 Å². The molecule has 2 amide bonds. The van der Waals surface area contributed by atoms with Gasteiger partial charge in [0, 0.05) is 5.69 Å². The predicted octanol–water partition coefficient (Wildman–Crippen LogP) is 2.39. The fourth-order valence-electron chi connectivity index (χ4n) is 2.25. The first-order chi connectivity index (χ1) is 11.8. The molecule has 0 fully saturated rings. The quantitative estimate of drug-likeness (QED) is 0.720. The zero-order valence-electron chi connectivity index (χ0n) is 14.0. The van der Waals surface area contributed by atoms with Gasteiger partial charge in [-0.3, -0.25) is 9.59 Å². The molecule has 0 radical (unpaired) electrons. The second kappa shape index (κ2) is 8.85. The van der Waals surface area contributed by atoms with Gasteiger partial charge in [-0.05, 0) is 31.2 Å². The zero-order valence-corrected chi connectivity index (χ0v) is 15.5. The molecule has 1 atom stereocenters. The van der Waals surface area contributed by atoms with Crippen LogP contribution in [0.4, 0.5) is 11.4 Å². The number of nitrogens with one attached hydrogen (secondary N) is 3. The third-order valence-electron chi connectivity index (χ3n) is 3.49. The molecule has 0 bridgehead atoms. The number of halogens is 2. The Morgan fingerprint density at radius 1 is 0.960 bits per heavy atom. The molecule has 0 heterocycles. The topological polar surface area (TPSA) is 62.6 Å². The number of carbonyl (C=O) groups excluding carboxylic acids is 2. The molecule has 0 aromatic heterocycles. The van der Waals surface area contributed by atoms with E-state index in [-0.39, 0.29) is 24.9 Å². The third-order valence-corrected chi connectivity index (χ3v) is 4.30. The average molecular weight is 381 g/mol. The Morgan fingerprint density at radius 2 is 1.56 bits per heavy atom. The number of aryl methyl sites for hydroxylation is 1. The number of likely N-dealkylation sites (N-methyl/N-ethyl adjacent to an activating group) is 1. The van der Waals surface area contributed by atoms with Gasteiger partial charge in [-0.2, -0.15) is 0 Å². The molecule has 25 heavy (non-hydrogen) atoms. The Hall–Kier alpha value is -2.08. The molecule has 5 nitrogen and oxygen atoms in total. The first kappa shape index (κ1) is 19.2. The van der Waals surface area contributed by atoms with Crippen LogP contribution in [0.2, 0.25) is 10.0 Å². The Bertz CT molecular complexity index is 763. The van der Waals surface area contributed by atoms with Crippen molar-refractivity contribution in [2.45, 2.75) is 6.92 Å². The van der Waals surface area contributed by atoms with E-state index in [2.05, 4.69) is 10.6 Å². The zero-order chi connectivity index (χ0) is 18.4. The SMILES string of the molecule is Cc1ccc(NC(=O)C[NH+](C)CC(=O)Nc2cccc(Cl)c2Cl)cc1. The molecule has 0 saturated carbocycles. The lowest BCUT2D eigenvalue weighted by atomic mass is 10.2. The highest BCUT2D eigenvalue weighted by Gasteiger charge is 2.16. The minimum Gasteiger partial charge on any atom is -0.322 e. The number of amides is 2. The second-order valence-corrected chi connectivity index (χ2v) is 6.66. The summed E-state index contributed by atoms with van der Waals surface area (Å²) in [5.41, 5.74) is 2.31. The fourth-order valence-corrected chi connectivity index (χ4v) is 2.60. The van der Waals surface area contributed by atoms with Gasteiger partial charge in [0.2, 0.25) is 0 Å². The van der Waals surface area contributed by atoms with Crippen LogP contribution in [-0.4, -0.2) is 32.0 Å². The van der Waals surface area contributed by atoms with E-state index in [0.29, 0.717) is 15.7 Å². The van der Waals surface area contributed by atoms with Gasteiger partial charge >= 0.3 is 0 Å². The maximum Gasteiger partial charge on any atom is 0.279 e. The normalized spacial score (nSPS) is 11.7. The molecule has 3 N–H and O–H groups in total. The standard InChI is InChI=1S/C18H19Cl2N3O2/c1-12-6-8-13(9-7-12)21-16(24)10-23(2)11-17(25)22-15-5-3-4-14(19)18(15)20/h3-9H,10-11H2,1-2H3,(H,21,24)(H,22,25)/p+1. The summed E-state index contributed by atoms with van der Waals surface area (Å²) in [6.07, 6.45) is 0. The van der Waals surface area contributed by atoms with E-state index < -0.39 is 0 Å². The number of hydrogen-bond acceptors (Lipinski definition) is 2. The molecule has 7 heteroatoms. The number of anilines is 2. The van der Waals surface area contributed by atoms with E-state index >= 15 is 0 Å². The first-order valence-electron chi connectivity index (χ1n) is 7.77. The predicted molar refractivity (Wildman–Crippen MR) is 102 cm³/mol. The summed E-state index contributed by atoms with van der Waals surface area (Å²) >= 11 is 12.0. The Balaban J connectivity index is 1.83. The second-order valence-electron chi connectivity index (χ2n) is 5.87. The summed E-state index contributed by atoms with van der Waals surface area (Å²) < 4.78 is 0. The molecule has 0 aliphatic carbocycles. The number of carbonyl (C=O) groups is 2. The summed E-state index contributed by atoms with van der Waals surface area (Å²) in [7, 11) is 1.77. The minimum atomic E-state index is -0.246. The lowest BCUT2D eigenvalue weighted by Gasteiger charge is -2.14. The van der Waals surface area contributed by atoms with Crippen molar-refractivity contribution < 1.29 is 14.5 Å². The van der Waals surface area contributed by atoms with Crippen molar-refractivity contribution in [3.8, 4) is 0 Å². The maximum atomic E-state index is 12.1. The van der Waals surface area contributed by atoms with Crippen LogP contribution in [0.15, 0.2) is 42.5 Å². The van der Waals surface area contributed by atoms with Gasteiger partial charge in [0.1, 0.15) is 0 Å². The number of benzene rings is 2. The van der Waals surface area contributed by atoms with Crippen molar-refractivity contribution in [2.24, 2.45) is 0 Å². The van der Waals surface area contributed by atoms with E-state index in [4.69, 9.17) is 23.2 Å². The van der Waals surface area contributed by atoms with Crippen LogP contribution in [0.1, 0.15) is 5.56 Å².